The van der Waals surface area contributed by atoms with Crippen molar-refractivity contribution in [3.8, 4) is 0 Å². The Bertz CT molecular complexity index is 9.80. The van der Waals surface area contributed by atoms with Crippen molar-refractivity contribution in [1.29, 1.82) is 0 Å². The lowest BCUT2D eigenvalue weighted by Gasteiger charge is -1.48. The lowest BCUT2D eigenvalue weighted by molar-refractivity contribution is 0.527. The van der Waals surface area contributed by atoms with E-state index in [0.29, 0.717) is 7.18 Å². The van der Waals surface area contributed by atoms with Gasteiger partial charge in [0.2, 0.25) is 0 Å². The van der Waals surface area contributed by atoms with E-state index in [1.807, 2.05) is 0 Å². The Kier molecular flexibility index (Phi) is 1510. The molecule has 0 atom stereocenters. The van der Waals surface area contributed by atoms with E-state index in [0.717, 1.165) is 0 Å². The Balaban J connectivity index is -0.00000000544. The third-order valence-electron chi connectivity index (χ3n) is 0. The van der Waals surface area contributed by atoms with Crippen LogP contribution in [-0.2, 0) is 0 Å². The molecule has 0 nitrogen and oxygen atoms in total. The van der Waals surface area contributed by atoms with Crippen molar-refractivity contribution in [2.24, 2.45) is 0 Å². The third kappa shape index (κ3) is 39500. The van der Waals surface area contributed by atoms with E-state index >= 15 is 0 Å². The summed E-state index contributed by atoms with van der Waals surface area (Å²) >= 11 is 0. The molecule has 0 bridgehead atoms. The van der Waals surface area contributed by atoms with Crippen molar-refractivity contribution in [1.82, 2.24) is 0 Å². The van der Waals surface area contributed by atoms with Crippen molar-refractivity contribution in [3.05, 3.63) is 0 Å². The van der Waals surface area contributed by atoms with Gasteiger partial charge in [-0.2, -0.15) is 0 Å². The zero-order valence-electron chi connectivity index (χ0n) is 6.17. The van der Waals surface area contributed by atoms with Crippen LogP contribution in [0.1, 0.15) is 56.9 Å². The van der Waals surface area contributed by atoms with Gasteiger partial charge in [0.25, 0.3) is 0 Å². The van der Waals surface area contributed by atoms with Gasteiger partial charge in [-0.1, -0.05) is 50.0 Å². The van der Waals surface area contributed by atoms with Crippen LogP contribution >= 0.6 is 0 Å². The lowest BCUT2D eigenvalue weighted by atomic mass is 10.6. The molecule has 0 heterocycles. The molecule has 0 aromatic heterocycles. The Labute approximate surface area is 80.4 Å². The average molecular weight is 190 g/mol. The SMILES string of the molecule is C.C.C.C.CCC.CCF.CF. The summed E-state index contributed by atoms with van der Waals surface area (Å²) in [7, 11) is 0.500. The molecule has 0 N–H and O–H groups in total. The summed E-state index contributed by atoms with van der Waals surface area (Å²) in [6, 6.07) is 0. The second-order valence-electron chi connectivity index (χ2n) is 0.974. The van der Waals surface area contributed by atoms with Gasteiger partial charge in [-0.3, -0.25) is 8.78 Å². The molecule has 0 radical (unpaired) electrons. The van der Waals surface area contributed by atoms with E-state index in [9.17, 15) is 8.78 Å². The first-order valence-electron chi connectivity index (χ1n) is 2.77. The highest BCUT2D eigenvalue weighted by Gasteiger charge is 1.39. The fourth-order valence-corrected chi connectivity index (χ4v) is 0. The summed E-state index contributed by atoms with van der Waals surface area (Å²) in [4.78, 5) is 0. The maximum atomic E-state index is 10.3. The van der Waals surface area contributed by atoms with E-state index in [1.165, 1.54) is 13.3 Å². The molecule has 0 saturated carbocycles. The normalized spacial score (nSPS) is 3.50. The fraction of sp³-hybridized carbons (Fsp3) is 1.00. The Morgan fingerprint density at radius 3 is 0.750 bits per heavy atom. The van der Waals surface area contributed by atoms with Gasteiger partial charge in [0.15, 0.2) is 0 Å². The second kappa shape index (κ2) is 305. The van der Waals surface area contributed by atoms with Crippen LogP contribution in [0.3, 0.4) is 0 Å². The highest BCUT2D eigenvalue weighted by atomic mass is 19.1. The van der Waals surface area contributed by atoms with E-state index < -0.39 is 0 Å². The summed E-state index contributed by atoms with van der Waals surface area (Å²) in [6.45, 7) is 5.46. The van der Waals surface area contributed by atoms with Gasteiger partial charge in [0, 0.05) is 0 Å². The van der Waals surface area contributed by atoms with E-state index in [4.69, 9.17) is 0 Å². The molecule has 0 aliphatic heterocycles. The molecule has 0 amide bonds. The van der Waals surface area contributed by atoms with E-state index in [2.05, 4.69) is 13.8 Å². The largest absolute Gasteiger partial charge is 0.255 e. The van der Waals surface area contributed by atoms with Crippen LogP contribution in [0.2, 0.25) is 0 Å². The summed E-state index contributed by atoms with van der Waals surface area (Å²) in [6.07, 6.45) is 1.25. The molecule has 86 valence electrons. The molecule has 12 heavy (non-hydrogen) atoms. The molecule has 0 rings (SSSR count). The molecule has 0 spiro atoms. The molecule has 2 heteroatoms. The highest BCUT2D eigenvalue weighted by Crippen LogP contribution is 1.56. The zero-order valence-corrected chi connectivity index (χ0v) is 6.17. The van der Waals surface area contributed by atoms with Crippen LogP contribution < -0.4 is 0 Å². The molecule has 0 aliphatic carbocycles. The maximum absolute atomic E-state index is 10.3. The topological polar surface area (TPSA) is 0 Å². The molecule has 0 aromatic carbocycles. The summed E-state index contributed by atoms with van der Waals surface area (Å²) < 4.78 is 19.8. The lowest BCUT2D eigenvalue weighted by Crippen LogP contribution is -1.40. The van der Waals surface area contributed by atoms with Gasteiger partial charge in [-0.15, -0.1) is 0 Å². The van der Waals surface area contributed by atoms with Crippen LogP contribution in [-0.4, -0.2) is 13.9 Å². The fourth-order valence-electron chi connectivity index (χ4n) is 0. The number of hydrogen-bond donors (Lipinski definition) is 0. The van der Waals surface area contributed by atoms with Gasteiger partial charge < -0.3 is 0 Å². The number of alkyl halides is 2. The van der Waals surface area contributed by atoms with Crippen LogP contribution in [0.4, 0.5) is 8.78 Å². The average Bonchev–Trinajstić information content (AvgIpc) is 1.75. The van der Waals surface area contributed by atoms with Crippen LogP contribution in [0.25, 0.3) is 0 Å². The molecular weight excluding hydrogens is 158 g/mol. The van der Waals surface area contributed by atoms with E-state index in [-0.39, 0.29) is 36.4 Å². The van der Waals surface area contributed by atoms with Crippen molar-refractivity contribution in [2.45, 2.75) is 56.9 Å². The summed E-state index contributed by atoms with van der Waals surface area (Å²) in [5.41, 5.74) is 0. The minimum absolute atomic E-state index is 0. The zero-order chi connectivity index (χ0) is 7.41. The van der Waals surface area contributed by atoms with Crippen molar-refractivity contribution in [2.75, 3.05) is 13.9 Å². The van der Waals surface area contributed by atoms with Crippen LogP contribution in [0.15, 0.2) is 0 Å². The third-order valence-corrected chi connectivity index (χ3v) is 0. The maximum Gasteiger partial charge on any atom is 0.0866 e. The number of halogens is 2. The number of hydrogen-bond acceptors (Lipinski definition) is 0. The first kappa shape index (κ1) is 59.2. The Morgan fingerprint density at radius 1 is 0.750 bits per heavy atom. The molecule has 0 aromatic rings. The standard InChI is InChI=1S/C3H8.C2H5F.CH3F.4CH4/c1-3-2;1-2-3;1-2;;;;/h3H2,1-2H3;2H2,1H3;1H3;4*1H4. The number of rotatable bonds is 0. The quantitative estimate of drug-likeness (QED) is 0.471. The molecule has 0 aliphatic rings. The second-order valence-corrected chi connectivity index (χ2v) is 0.974. The van der Waals surface area contributed by atoms with Gasteiger partial charge >= 0.3 is 0 Å². The summed E-state index contributed by atoms with van der Waals surface area (Å²) in [5.74, 6) is 0. The van der Waals surface area contributed by atoms with Gasteiger partial charge in [0.05, 0.1) is 13.9 Å². The Hall–Kier alpha value is -0.140. The monoisotopic (exact) mass is 190 g/mol. The first-order chi connectivity index (χ1) is 3.83. The van der Waals surface area contributed by atoms with Crippen molar-refractivity contribution in [3.63, 3.8) is 0 Å². The van der Waals surface area contributed by atoms with E-state index in [1.54, 1.807) is 0 Å². The minimum Gasteiger partial charge on any atom is -0.255 e. The van der Waals surface area contributed by atoms with Gasteiger partial charge in [-0.05, 0) is 6.92 Å². The van der Waals surface area contributed by atoms with Crippen LogP contribution in [0, 0.1) is 0 Å². The van der Waals surface area contributed by atoms with Gasteiger partial charge in [0.1, 0.15) is 0 Å². The van der Waals surface area contributed by atoms with Gasteiger partial charge in [-0.25, -0.2) is 0 Å². The predicted molar refractivity (Wildman–Crippen MR) is 61.6 cm³/mol. The Morgan fingerprint density at radius 2 is 0.750 bits per heavy atom. The first-order valence-corrected chi connectivity index (χ1v) is 2.77. The predicted octanol–water partition coefficient (Wildman–Crippen LogP) is 5.52. The molecular formula is C10H32F2. The smallest absolute Gasteiger partial charge is 0.0866 e. The van der Waals surface area contributed by atoms with Crippen molar-refractivity contribution < 1.29 is 8.78 Å². The summed E-state index contributed by atoms with van der Waals surface area (Å²) in [5, 5.41) is 0. The minimum atomic E-state index is -0.250. The van der Waals surface area contributed by atoms with Crippen molar-refractivity contribution >= 4 is 0 Å². The molecule has 0 unspecified atom stereocenters. The molecule has 0 fully saturated rings. The molecule has 0 saturated heterocycles. The van der Waals surface area contributed by atoms with Crippen LogP contribution in [0.5, 0.6) is 0 Å². The highest BCUT2D eigenvalue weighted by molar-refractivity contribution is 3.92.